The van der Waals surface area contributed by atoms with E-state index in [1.807, 2.05) is 43.3 Å². The molecule has 0 aliphatic heterocycles. The molecule has 0 aliphatic rings. The maximum Gasteiger partial charge on any atom is 0.0455 e. The number of terminal acetylenes is 1. The Kier molecular flexibility index (Phi) is 8.24. The highest BCUT2D eigenvalue weighted by molar-refractivity contribution is 5.34. The maximum atomic E-state index is 8.64. The van der Waals surface area contributed by atoms with E-state index in [-0.39, 0.29) is 12.0 Å². The molecule has 1 unspecified atom stereocenters. The van der Waals surface area contributed by atoms with Gasteiger partial charge in [0.2, 0.25) is 0 Å². The normalized spacial score (nSPS) is 10.0. The maximum absolute atomic E-state index is 8.64. The number of nitrogens with zero attached hydrogens (tertiary/aromatic N) is 3. The van der Waals surface area contributed by atoms with Crippen LogP contribution >= 0.6 is 0 Å². The second kappa shape index (κ2) is 10.6. The van der Waals surface area contributed by atoms with E-state index in [0.717, 1.165) is 0 Å². The van der Waals surface area contributed by atoms with Gasteiger partial charge in [0.15, 0.2) is 0 Å². The Labute approximate surface area is 138 Å². The van der Waals surface area contributed by atoms with Crippen LogP contribution in [0.2, 0.25) is 0 Å². The van der Waals surface area contributed by atoms with Gasteiger partial charge in [0.25, 0.3) is 0 Å². The van der Waals surface area contributed by atoms with Crippen LogP contribution < -0.4 is 0 Å². The molecule has 0 fully saturated rings. The first-order valence-corrected chi connectivity index (χ1v) is 7.26. The zero-order valence-corrected chi connectivity index (χ0v) is 13.3. The fourth-order valence-electron chi connectivity index (χ4n) is 2.29. The highest BCUT2D eigenvalue weighted by Crippen LogP contribution is 2.29. The fraction of sp³-hybridized carbons (Fsp3) is 0.200. The average Bonchev–Trinajstić information content (AvgIpc) is 2.59. The van der Waals surface area contributed by atoms with Crippen molar-refractivity contribution in [3.63, 3.8) is 0 Å². The zero-order chi connectivity index (χ0) is 16.9. The topological polar surface area (TPSA) is 48.8 Å². The second-order valence-electron chi connectivity index (χ2n) is 4.76. The van der Waals surface area contributed by atoms with Crippen molar-refractivity contribution >= 4 is 0 Å². The molecule has 3 heteroatoms. The standard InChI is InChI=1S/C15H15N3.C5H4/c1-12(17-18-16)15(13-8-4-2-5-9-13)14-10-6-3-7-11-14;1-3-5-4-2/h2-12,15H,1H3;1H,2H3. The van der Waals surface area contributed by atoms with E-state index in [1.165, 1.54) is 11.1 Å². The molecule has 2 rings (SSSR count). The molecule has 0 saturated carbocycles. The van der Waals surface area contributed by atoms with Crippen molar-refractivity contribution in [3.05, 3.63) is 82.2 Å². The monoisotopic (exact) mass is 301 g/mol. The van der Waals surface area contributed by atoms with Crippen LogP contribution in [-0.4, -0.2) is 6.04 Å². The summed E-state index contributed by atoms with van der Waals surface area (Å²) < 4.78 is 0. The van der Waals surface area contributed by atoms with Gasteiger partial charge in [-0.2, -0.15) is 0 Å². The fourth-order valence-corrected chi connectivity index (χ4v) is 2.29. The summed E-state index contributed by atoms with van der Waals surface area (Å²) in [5.41, 5.74) is 11.0. The first-order valence-electron chi connectivity index (χ1n) is 7.26. The molecule has 0 aliphatic carbocycles. The lowest BCUT2D eigenvalue weighted by Gasteiger charge is -2.21. The Balaban J connectivity index is 0.000000463. The van der Waals surface area contributed by atoms with Gasteiger partial charge in [-0.05, 0) is 35.4 Å². The molecule has 0 spiro atoms. The number of azide groups is 1. The van der Waals surface area contributed by atoms with E-state index < -0.39 is 0 Å². The molecule has 23 heavy (non-hydrogen) atoms. The van der Waals surface area contributed by atoms with E-state index in [9.17, 15) is 0 Å². The van der Waals surface area contributed by atoms with Crippen molar-refractivity contribution in [1.82, 2.24) is 0 Å². The molecular formula is C20H19N3. The summed E-state index contributed by atoms with van der Waals surface area (Å²) in [5.74, 6) is 7.18. The highest BCUT2D eigenvalue weighted by atomic mass is 15.1. The first kappa shape index (κ1) is 17.9. The van der Waals surface area contributed by atoms with Gasteiger partial charge in [0.05, 0.1) is 0 Å². The van der Waals surface area contributed by atoms with Crippen molar-refractivity contribution in [2.45, 2.75) is 25.8 Å². The largest absolute Gasteiger partial charge is 0.106 e. The zero-order valence-electron chi connectivity index (χ0n) is 13.3. The summed E-state index contributed by atoms with van der Waals surface area (Å²) in [7, 11) is 0. The number of benzene rings is 2. The Morgan fingerprint density at radius 2 is 1.48 bits per heavy atom. The van der Waals surface area contributed by atoms with Crippen molar-refractivity contribution in [1.29, 1.82) is 0 Å². The summed E-state index contributed by atoms with van der Waals surface area (Å²) in [6.45, 7) is 3.66. The molecule has 0 amide bonds. The van der Waals surface area contributed by atoms with Crippen molar-refractivity contribution in [3.8, 4) is 24.2 Å². The van der Waals surface area contributed by atoms with E-state index >= 15 is 0 Å². The number of hydrogen-bond donors (Lipinski definition) is 0. The Bertz CT molecular complexity index is 688. The van der Waals surface area contributed by atoms with E-state index in [4.69, 9.17) is 12.0 Å². The molecule has 0 saturated heterocycles. The Morgan fingerprint density at radius 1 is 1.00 bits per heavy atom. The average molecular weight is 301 g/mol. The van der Waals surface area contributed by atoms with Crippen molar-refractivity contribution in [2.24, 2.45) is 5.11 Å². The summed E-state index contributed by atoms with van der Waals surface area (Å²) in [5, 5.41) is 3.86. The predicted octanol–water partition coefficient (Wildman–Crippen LogP) is 5.16. The van der Waals surface area contributed by atoms with Crippen molar-refractivity contribution in [2.75, 3.05) is 0 Å². The predicted molar refractivity (Wildman–Crippen MR) is 95.6 cm³/mol. The van der Waals surface area contributed by atoms with Gasteiger partial charge in [-0.25, -0.2) is 0 Å². The molecule has 1 atom stereocenters. The van der Waals surface area contributed by atoms with Crippen molar-refractivity contribution < 1.29 is 0 Å². The lowest BCUT2D eigenvalue weighted by atomic mass is 9.86. The van der Waals surface area contributed by atoms with Gasteiger partial charge in [-0.1, -0.05) is 78.6 Å². The van der Waals surface area contributed by atoms with Gasteiger partial charge in [-0.15, -0.1) is 6.42 Å². The summed E-state index contributed by atoms with van der Waals surface area (Å²) in [6.07, 6.45) is 4.72. The first-order chi connectivity index (χ1) is 11.2. The molecule has 0 heterocycles. The van der Waals surface area contributed by atoms with Crippen LogP contribution in [0, 0.1) is 24.2 Å². The van der Waals surface area contributed by atoms with Crippen LogP contribution in [0.4, 0.5) is 0 Å². The lowest BCUT2D eigenvalue weighted by molar-refractivity contribution is 0.641. The van der Waals surface area contributed by atoms with E-state index in [0.29, 0.717) is 0 Å². The second-order valence-corrected chi connectivity index (χ2v) is 4.76. The van der Waals surface area contributed by atoms with Crippen LogP contribution in [0.1, 0.15) is 30.9 Å². The SMILES string of the molecule is C#CC#CC.CC(N=[N+]=[N-])C(c1ccccc1)c1ccccc1. The van der Waals surface area contributed by atoms with Gasteiger partial charge in [-0.3, -0.25) is 0 Å². The number of hydrogen-bond acceptors (Lipinski definition) is 1. The third-order valence-corrected chi connectivity index (χ3v) is 3.23. The van der Waals surface area contributed by atoms with Gasteiger partial charge >= 0.3 is 0 Å². The smallest absolute Gasteiger partial charge is 0.0455 e. The van der Waals surface area contributed by atoms with Crippen LogP contribution in [0.15, 0.2) is 65.8 Å². The van der Waals surface area contributed by atoms with Gasteiger partial charge in [0.1, 0.15) is 0 Å². The molecule has 0 aromatic heterocycles. The molecule has 0 bridgehead atoms. The highest BCUT2D eigenvalue weighted by Gasteiger charge is 2.19. The Hall–Kier alpha value is -3.13. The summed E-state index contributed by atoms with van der Waals surface area (Å²) in [6, 6.07) is 20.2. The molecule has 0 N–H and O–H groups in total. The van der Waals surface area contributed by atoms with E-state index in [2.05, 4.69) is 52.1 Å². The molecule has 0 radical (unpaired) electrons. The van der Waals surface area contributed by atoms with Crippen LogP contribution in [0.5, 0.6) is 0 Å². The van der Waals surface area contributed by atoms with E-state index in [1.54, 1.807) is 6.92 Å². The molecule has 3 nitrogen and oxygen atoms in total. The lowest BCUT2D eigenvalue weighted by Crippen LogP contribution is -2.14. The van der Waals surface area contributed by atoms with Crippen LogP contribution in [0.3, 0.4) is 0 Å². The quantitative estimate of drug-likeness (QED) is 0.324. The minimum Gasteiger partial charge on any atom is -0.106 e. The third-order valence-electron chi connectivity index (χ3n) is 3.23. The van der Waals surface area contributed by atoms with Gasteiger partial charge < -0.3 is 0 Å². The minimum atomic E-state index is -0.111. The molecular weight excluding hydrogens is 282 g/mol. The minimum absolute atomic E-state index is 0.100. The van der Waals surface area contributed by atoms with Crippen LogP contribution in [-0.2, 0) is 0 Å². The van der Waals surface area contributed by atoms with Gasteiger partial charge in [0, 0.05) is 16.9 Å². The summed E-state index contributed by atoms with van der Waals surface area (Å²) >= 11 is 0. The summed E-state index contributed by atoms with van der Waals surface area (Å²) in [4.78, 5) is 2.93. The molecule has 2 aromatic carbocycles. The molecule has 114 valence electrons. The van der Waals surface area contributed by atoms with Crippen LogP contribution in [0.25, 0.3) is 10.4 Å². The molecule has 2 aromatic rings. The third kappa shape index (κ3) is 6.02. The number of rotatable bonds is 4. The Morgan fingerprint density at radius 3 is 1.78 bits per heavy atom.